The van der Waals surface area contributed by atoms with Gasteiger partial charge in [-0.05, 0) is 41.8 Å². The van der Waals surface area contributed by atoms with Gasteiger partial charge in [-0.2, -0.15) is 4.98 Å². The molecule has 2 aromatic carbocycles. The molecule has 150 valence electrons. The van der Waals surface area contributed by atoms with Crippen molar-refractivity contribution >= 4 is 17.8 Å². The lowest BCUT2D eigenvalue weighted by atomic mass is 9.93. The summed E-state index contributed by atoms with van der Waals surface area (Å²) in [7, 11) is 3.30. The fourth-order valence-electron chi connectivity index (χ4n) is 3.55. The van der Waals surface area contributed by atoms with E-state index in [0.29, 0.717) is 5.95 Å². The molecular formula is C21H23N5O3. The maximum absolute atomic E-state index is 11.4. The number of nitrogens with zero attached hydrogens (tertiary/aromatic N) is 3. The molecule has 0 radical (unpaired) electrons. The number of aromatic nitrogens is 3. The Hall–Kier alpha value is -3.55. The second-order valence-electron chi connectivity index (χ2n) is 6.88. The minimum atomic E-state index is -0.208. The number of methoxy groups -OCH3 is 2. The highest BCUT2D eigenvalue weighted by Crippen LogP contribution is 2.38. The Morgan fingerprint density at radius 3 is 2.17 bits per heavy atom. The van der Waals surface area contributed by atoms with Gasteiger partial charge in [0.05, 0.1) is 26.3 Å². The van der Waals surface area contributed by atoms with Crippen LogP contribution in [-0.2, 0) is 4.79 Å². The van der Waals surface area contributed by atoms with Gasteiger partial charge >= 0.3 is 0 Å². The molecule has 1 aliphatic rings. The molecule has 0 spiro atoms. The number of nitrogens with one attached hydrogen (secondary N) is 2. The zero-order chi connectivity index (χ0) is 20.4. The van der Waals surface area contributed by atoms with Crippen molar-refractivity contribution in [1.82, 2.24) is 14.8 Å². The average molecular weight is 393 g/mol. The van der Waals surface area contributed by atoms with Crippen LogP contribution in [0.4, 0.5) is 11.9 Å². The molecule has 1 aromatic heterocycles. The minimum absolute atomic E-state index is 0.0369. The van der Waals surface area contributed by atoms with E-state index in [1.807, 2.05) is 53.2 Å². The molecule has 1 amide bonds. The van der Waals surface area contributed by atoms with Crippen molar-refractivity contribution < 1.29 is 14.3 Å². The Labute approximate surface area is 168 Å². The summed E-state index contributed by atoms with van der Waals surface area (Å²) in [6.45, 7) is 1.44. The number of benzene rings is 2. The lowest BCUT2D eigenvalue weighted by Gasteiger charge is -2.31. The molecule has 0 bridgehead atoms. The molecule has 0 aliphatic carbocycles. The zero-order valence-corrected chi connectivity index (χ0v) is 16.5. The Morgan fingerprint density at radius 2 is 1.62 bits per heavy atom. The van der Waals surface area contributed by atoms with Crippen molar-refractivity contribution in [3.63, 3.8) is 0 Å². The van der Waals surface area contributed by atoms with Gasteiger partial charge in [0.2, 0.25) is 11.9 Å². The van der Waals surface area contributed by atoms with E-state index in [1.54, 1.807) is 14.2 Å². The number of ether oxygens (including phenoxy) is 2. The summed E-state index contributed by atoms with van der Waals surface area (Å²) >= 11 is 0. The summed E-state index contributed by atoms with van der Waals surface area (Å²) in [5.74, 6) is 2.30. The number of fused-ring (bicyclic) bond motifs is 1. The van der Waals surface area contributed by atoms with E-state index < -0.39 is 0 Å². The standard InChI is InChI=1S/C21H23N5O3/c1-13(27)22-20-24-21-23-18(14-4-8-16(28-2)9-5-14)12-19(26(21)25-20)15-6-10-17(29-3)11-7-15/h4-11,18-19H,12H2,1-3H3,(H2,22,23,24,25,27)/t18-,19+/m0/s1. The van der Waals surface area contributed by atoms with Crippen molar-refractivity contribution in [3.8, 4) is 11.5 Å². The number of amides is 1. The van der Waals surface area contributed by atoms with E-state index in [9.17, 15) is 4.79 Å². The molecule has 0 saturated carbocycles. The maximum atomic E-state index is 11.4. The Morgan fingerprint density at radius 1 is 1.03 bits per heavy atom. The van der Waals surface area contributed by atoms with Gasteiger partial charge in [-0.25, -0.2) is 4.68 Å². The van der Waals surface area contributed by atoms with Gasteiger partial charge in [-0.3, -0.25) is 10.1 Å². The Bertz CT molecular complexity index is 998. The molecule has 0 unspecified atom stereocenters. The zero-order valence-electron chi connectivity index (χ0n) is 16.5. The maximum Gasteiger partial charge on any atom is 0.250 e. The first-order valence-electron chi connectivity index (χ1n) is 9.36. The van der Waals surface area contributed by atoms with Crippen molar-refractivity contribution in [2.45, 2.75) is 25.4 Å². The first-order valence-corrected chi connectivity index (χ1v) is 9.36. The summed E-state index contributed by atoms with van der Waals surface area (Å²) < 4.78 is 12.4. The third-order valence-corrected chi connectivity index (χ3v) is 5.00. The first-order chi connectivity index (χ1) is 14.1. The highest BCUT2D eigenvalue weighted by atomic mass is 16.5. The van der Waals surface area contributed by atoms with E-state index >= 15 is 0 Å². The molecule has 8 nitrogen and oxygen atoms in total. The smallest absolute Gasteiger partial charge is 0.250 e. The van der Waals surface area contributed by atoms with E-state index in [0.717, 1.165) is 29.0 Å². The van der Waals surface area contributed by atoms with Gasteiger partial charge in [0.25, 0.3) is 5.95 Å². The third-order valence-electron chi connectivity index (χ3n) is 5.00. The first kappa shape index (κ1) is 18.8. The number of carbonyl (C=O) groups excluding carboxylic acids is 1. The fourth-order valence-corrected chi connectivity index (χ4v) is 3.55. The molecule has 2 N–H and O–H groups in total. The normalized spacial score (nSPS) is 17.8. The molecular weight excluding hydrogens is 370 g/mol. The quantitative estimate of drug-likeness (QED) is 0.691. The highest BCUT2D eigenvalue weighted by Gasteiger charge is 2.31. The lowest BCUT2D eigenvalue weighted by Crippen LogP contribution is -2.28. The van der Waals surface area contributed by atoms with Gasteiger partial charge in [0.15, 0.2) is 0 Å². The summed E-state index contributed by atoms with van der Waals surface area (Å²) in [5.41, 5.74) is 2.21. The van der Waals surface area contributed by atoms with Crippen LogP contribution >= 0.6 is 0 Å². The molecule has 1 aliphatic heterocycles. The van der Waals surface area contributed by atoms with Crippen LogP contribution < -0.4 is 20.1 Å². The summed E-state index contributed by atoms with van der Waals surface area (Å²) in [5, 5.41) is 10.6. The molecule has 0 fully saturated rings. The topological polar surface area (TPSA) is 90.3 Å². The molecule has 29 heavy (non-hydrogen) atoms. The van der Waals surface area contributed by atoms with Crippen LogP contribution in [-0.4, -0.2) is 34.9 Å². The molecule has 4 rings (SSSR count). The predicted octanol–water partition coefficient (Wildman–Crippen LogP) is 3.40. The number of hydrogen-bond donors (Lipinski definition) is 2. The molecule has 2 heterocycles. The SMILES string of the molecule is COc1ccc([C@@H]2C[C@H](c3ccc(OC)cc3)n3nc(NC(C)=O)nc3N2)cc1. The number of hydrogen-bond acceptors (Lipinski definition) is 6. The van der Waals surface area contributed by atoms with E-state index in [1.165, 1.54) is 6.92 Å². The molecule has 8 heteroatoms. The lowest BCUT2D eigenvalue weighted by molar-refractivity contribution is -0.114. The van der Waals surface area contributed by atoms with Gasteiger partial charge < -0.3 is 14.8 Å². The third kappa shape index (κ3) is 3.87. The van der Waals surface area contributed by atoms with Crippen molar-refractivity contribution in [1.29, 1.82) is 0 Å². The largest absolute Gasteiger partial charge is 0.497 e. The molecule has 0 saturated heterocycles. The van der Waals surface area contributed by atoms with Crippen LogP contribution in [0.15, 0.2) is 48.5 Å². The van der Waals surface area contributed by atoms with E-state index in [-0.39, 0.29) is 23.9 Å². The van der Waals surface area contributed by atoms with E-state index in [4.69, 9.17) is 9.47 Å². The van der Waals surface area contributed by atoms with Crippen LogP contribution in [0.2, 0.25) is 0 Å². The van der Waals surface area contributed by atoms with Gasteiger partial charge in [0, 0.05) is 6.92 Å². The average Bonchev–Trinajstić information content (AvgIpc) is 3.14. The highest BCUT2D eigenvalue weighted by molar-refractivity contribution is 5.86. The van der Waals surface area contributed by atoms with Crippen LogP contribution in [0.5, 0.6) is 11.5 Å². The van der Waals surface area contributed by atoms with Crippen molar-refractivity contribution in [2.75, 3.05) is 24.9 Å². The summed E-state index contributed by atoms with van der Waals surface area (Å²) in [6.07, 6.45) is 0.772. The number of rotatable bonds is 5. The summed E-state index contributed by atoms with van der Waals surface area (Å²) in [4.78, 5) is 15.9. The second-order valence-corrected chi connectivity index (χ2v) is 6.88. The monoisotopic (exact) mass is 393 g/mol. The van der Waals surface area contributed by atoms with E-state index in [2.05, 4.69) is 20.7 Å². The van der Waals surface area contributed by atoms with Crippen LogP contribution in [0.3, 0.4) is 0 Å². The Kier molecular flexibility index (Phi) is 5.07. The van der Waals surface area contributed by atoms with Crippen LogP contribution in [0.25, 0.3) is 0 Å². The molecule has 3 aromatic rings. The van der Waals surface area contributed by atoms with Gasteiger partial charge in [-0.1, -0.05) is 24.3 Å². The van der Waals surface area contributed by atoms with Crippen LogP contribution in [0.1, 0.15) is 36.6 Å². The number of carbonyl (C=O) groups is 1. The number of anilines is 2. The van der Waals surface area contributed by atoms with Crippen molar-refractivity contribution in [3.05, 3.63) is 59.7 Å². The minimum Gasteiger partial charge on any atom is -0.497 e. The summed E-state index contributed by atoms with van der Waals surface area (Å²) in [6, 6.07) is 15.9. The second kappa shape index (κ2) is 7.83. The van der Waals surface area contributed by atoms with Crippen molar-refractivity contribution in [2.24, 2.45) is 0 Å². The predicted molar refractivity (Wildman–Crippen MR) is 109 cm³/mol. The molecule has 2 atom stereocenters. The van der Waals surface area contributed by atoms with Crippen LogP contribution in [0, 0.1) is 0 Å². The Balaban J connectivity index is 1.71. The van der Waals surface area contributed by atoms with Gasteiger partial charge in [0.1, 0.15) is 11.5 Å². The van der Waals surface area contributed by atoms with Gasteiger partial charge in [-0.15, -0.1) is 5.10 Å². The fraction of sp³-hybridized carbons (Fsp3) is 0.286.